The third kappa shape index (κ3) is 3.86. The average Bonchev–Trinajstić information content (AvgIpc) is 3.31. The fraction of sp³-hybridized carbons (Fsp3) is 0.286. The zero-order valence-electron chi connectivity index (χ0n) is 15.6. The monoisotopic (exact) mass is 425 g/mol. The topological polar surface area (TPSA) is 86.0 Å². The molecule has 1 aliphatic heterocycles. The van der Waals surface area contributed by atoms with Crippen molar-refractivity contribution in [1.82, 2.24) is 15.2 Å². The van der Waals surface area contributed by atoms with Crippen molar-refractivity contribution >= 4 is 43.3 Å². The summed E-state index contributed by atoms with van der Waals surface area (Å²) in [7, 11) is -2.90. The number of para-hydroxylation sites is 1. The highest BCUT2D eigenvalue weighted by molar-refractivity contribution is 7.98. The fourth-order valence-electron chi connectivity index (χ4n) is 3.87. The number of thioether (sulfide) groups is 1. The molecule has 8 heteroatoms. The van der Waals surface area contributed by atoms with Gasteiger partial charge >= 0.3 is 0 Å². The fourth-order valence-corrected chi connectivity index (χ4v) is 6.47. The lowest BCUT2D eigenvalue weighted by Gasteiger charge is -2.08. The number of fused-ring (bicyclic) bond motifs is 3. The number of aromatic nitrogens is 3. The normalized spacial score (nSPS) is 18.6. The zero-order valence-corrected chi connectivity index (χ0v) is 17.2. The molecular formula is C21H19N3O3S2. The molecule has 2 aromatic heterocycles. The third-order valence-electron chi connectivity index (χ3n) is 5.26. The Bertz CT molecular complexity index is 1300. The lowest BCUT2D eigenvalue weighted by molar-refractivity contribution is 0.389. The quantitative estimate of drug-likeness (QED) is 0.352. The Hall–Kier alpha value is -2.45. The van der Waals surface area contributed by atoms with Crippen molar-refractivity contribution in [1.29, 1.82) is 0 Å². The molecule has 0 spiro atoms. The summed E-state index contributed by atoms with van der Waals surface area (Å²) < 4.78 is 29.0. The molecule has 0 N–H and O–H groups in total. The van der Waals surface area contributed by atoms with Crippen LogP contribution in [0, 0.1) is 5.92 Å². The summed E-state index contributed by atoms with van der Waals surface area (Å²) in [6.07, 6.45) is 1.18. The van der Waals surface area contributed by atoms with Gasteiger partial charge in [-0.3, -0.25) is 4.98 Å². The number of nitrogens with zero attached hydrogens (tertiary/aromatic N) is 3. The lowest BCUT2D eigenvalue weighted by atomic mass is 10.0. The van der Waals surface area contributed by atoms with E-state index in [1.165, 1.54) is 17.1 Å². The molecule has 1 atom stereocenters. The molecule has 4 aromatic rings. The summed E-state index contributed by atoms with van der Waals surface area (Å²) in [6, 6.07) is 16.4. The van der Waals surface area contributed by atoms with Crippen molar-refractivity contribution in [3.05, 3.63) is 60.1 Å². The summed E-state index contributed by atoms with van der Waals surface area (Å²) in [5.41, 5.74) is 1.95. The van der Waals surface area contributed by atoms with Crippen molar-refractivity contribution in [2.75, 3.05) is 11.5 Å². The first-order valence-corrected chi connectivity index (χ1v) is 12.3. The zero-order chi connectivity index (χ0) is 19.8. The van der Waals surface area contributed by atoms with E-state index in [1.807, 2.05) is 30.3 Å². The molecule has 29 heavy (non-hydrogen) atoms. The van der Waals surface area contributed by atoms with Gasteiger partial charge in [0.25, 0.3) is 5.22 Å². The second-order valence-electron chi connectivity index (χ2n) is 7.34. The molecule has 2 aromatic carbocycles. The van der Waals surface area contributed by atoms with Gasteiger partial charge in [-0.05, 0) is 23.8 Å². The highest BCUT2D eigenvalue weighted by Crippen LogP contribution is 2.30. The van der Waals surface area contributed by atoms with Crippen LogP contribution >= 0.6 is 11.8 Å². The largest absolute Gasteiger partial charge is 0.416 e. The van der Waals surface area contributed by atoms with Gasteiger partial charge in [-0.25, -0.2) is 8.42 Å². The second kappa shape index (κ2) is 7.42. The number of pyridine rings is 1. The van der Waals surface area contributed by atoms with Crippen LogP contribution in [-0.4, -0.2) is 35.1 Å². The minimum Gasteiger partial charge on any atom is -0.416 e. The molecule has 5 rings (SSSR count). The van der Waals surface area contributed by atoms with Gasteiger partial charge in [0.05, 0.1) is 22.7 Å². The first kappa shape index (κ1) is 18.6. The highest BCUT2D eigenvalue weighted by atomic mass is 32.2. The number of rotatable bonds is 5. The maximum absolute atomic E-state index is 11.6. The van der Waals surface area contributed by atoms with Crippen LogP contribution in [-0.2, 0) is 22.0 Å². The van der Waals surface area contributed by atoms with Crippen LogP contribution in [0.25, 0.3) is 21.7 Å². The molecule has 0 aliphatic carbocycles. The van der Waals surface area contributed by atoms with E-state index in [-0.39, 0.29) is 17.4 Å². The minimum absolute atomic E-state index is 0.0735. The predicted molar refractivity (Wildman–Crippen MR) is 114 cm³/mol. The van der Waals surface area contributed by atoms with Crippen molar-refractivity contribution in [3.8, 4) is 0 Å². The molecule has 0 radical (unpaired) electrons. The van der Waals surface area contributed by atoms with Gasteiger partial charge in [0.1, 0.15) is 0 Å². The minimum atomic E-state index is -2.90. The number of sulfone groups is 1. The summed E-state index contributed by atoms with van der Waals surface area (Å²) >= 11 is 1.45. The van der Waals surface area contributed by atoms with Gasteiger partial charge in [-0.15, -0.1) is 10.2 Å². The van der Waals surface area contributed by atoms with Crippen LogP contribution in [0.1, 0.15) is 18.0 Å². The Kier molecular flexibility index (Phi) is 4.75. The summed E-state index contributed by atoms with van der Waals surface area (Å²) in [4.78, 5) is 4.85. The molecule has 3 heterocycles. The molecule has 6 nitrogen and oxygen atoms in total. The Labute approximate surface area is 172 Å². The molecule has 1 saturated heterocycles. The smallest absolute Gasteiger partial charge is 0.276 e. The van der Waals surface area contributed by atoms with Crippen molar-refractivity contribution in [2.45, 2.75) is 23.8 Å². The van der Waals surface area contributed by atoms with Crippen molar-refractivity contribution in [2.24, 2.45) is 5.92 Å². The van der Waals surface area contributed by atoms with Gasteiger partial charge in [-0.2, -0.15) is 0 Å². The first-order valence-electron chi connectivity index (χ1n) is 9.49. The Balaban J connectivity index is 1.35. The van der Waals surface area contributed by atoms with Crippen LogP contribution in [0.3, 0.4) is 0 Å². The van der Waals surface area contributed by atoms with E-state index in [0.29, 0.717) is 29.7 Å². The summed E-state index contributed by atoms with van der Waals surface area (Å²) in [6.45, 7) is 0. The van der Waals surface area contributed by atoms with Crippen LogP contribution in [0.5, 0.6) is 0 Å². The molecule has 1 unspecified atom stereocenters. The maximum atomic E-state index is 11.6. The van der Waals surface area contributed by atoms with Crippen LogP contribution in [0.15, 0.2) is 58.2 Å². The SMILES string of the molecule is O=S1(=O)CCC(Cc2nnc(SCc3nc4ccccc4c4ccccc34)o2)C1. The number of hydrogen-bond acceptors (Lipinski definition) is 7. The molecule has 0 amide bonds. The highest BCUT2D eigenvalue weighted by Gasteiger charge is 2.29. The Morgan fingerprint density at radius 2 is 1.76 bits per heavy atom. The number of benzene rings is 2. The molecule has 148 valence electrons. The van der Waals surface area contributed by atoms with E-state index >= 15 is 0 Å². The summed E-state index contributed by atoms with van der Waals surface area (Å²) in [5, 5.41) is 12.2. The number of hydrogen-bond donors (Lipinski definition) is 0. The van der Waals surface area contributed by atoms with Crippen molar-refractivity contribution < 1.29 is 12.8 Å². The Morgan fingerprint density at radius 1 is 1.00 bits per heavy atom. The van der Waals surface area contributed by atoms with E-state index in [9.17, 15) is 8.42 Å². The van der Waals surface area contributed by atoms with Crippen molar-refractivity contribution in [3.63, 3.8) is 0 Å². The Morgan fingerprint density at radius 3 is 2.55 bits per heavy atom. The van der Waals surface area contributed by atoms with Gasteiger partial charge in [0.2, 0.25) is 5.89 Å². The van der Waals surface area contributed by atoms with Crippen LogP contribution < -0.4 is 0 Å². The average molecular weight is 426 g/mol. The van der Waals surface area contributed by atoms with Gasteiger partial charge in [0, 0.05) is 22.9 Å². The van der Waals surface area contributed by atoms with E-state index < -0.39 is 9.84 Å². The first-order chi connectivity index (χ1) is 14.1. The molecule has 0 bridgehead atoms. The van der Waals surface area contributed by atoms with E-state index in [0.717, 1.165) is 22.0 Å². The van der Waals surface area contributed by atoms with E-state index in [4.69, 9.17) is 9.40 Å². The lowest BCUT2D eigenvalue weighted by Crippen LogP contribution is -2.07. The van der Waals surface area contributed by atoms with E-state index in [1.54, 1.807) is 0 Å². The molecule has 0 saturated carbocycles. The van der Waals surface area contributed by atoms with Gasteiger partial charge in [-0.1, -0.05) is 54.2 Å². The maximum Gasteiger partial charge on any atom is 0.276 e. The standard InChI is InChI=1S/C21H19N3O3S2/c25-29(26)10-9-14(13-29)11-20-23-24-21(27-20)28-12-19-17-7-2-1-5-15(17)16-6-3-4-8-18(16)22-19/h1-8,14H,9-13H2. The molecule has 1 fully saturated rings. The predicted octanol–water partition coefficient (Wildman–Crippen LogP) is 4.04. The second-order valence-corrected chi connectivity index (χ2v) is 10.5. The third-order valence-corrected chi connectivity index (χ3v) is 7.92. The molecular weight excluding hydrogens is 406 g/mol. The molecule has 1 aliphatic rings. The van der Waals surface area contributed by atoms with E-state index in [2.05, 4.69) is 28.4 Å². The van der Waals surface area contributed by atoms with Crippen LogP contribution in [0.4, 0.5) is 0 Å². The van der Waals surface area contributed by atoms with Gasteiger partial charge < -0.3 is 4.42 Å². The van der Waals surface area contributed by atoms with Crippen LogP contribution in [0.2, 0.25) is 0 Å². The summed E-state index contributed by atoms with van der Waals surface area (Å²) in [5.74, 6) is 1.67. The van der Waals surface area contributed by atoms with Gasteiger partial charge in [0.15, 0.2) is 9.84 Å².